The molecule has 0 radical (unpaired) electrons. The van der Waals surface area contributed by atoms with Crippen LogP contribution in [0.3, 0.4) is 0 Å². The third-order valence-corrected chi connectivity index (χ3v) is 1.90. The first-order valence-corrected chi connectivity index (χ1v) is 4.38. The first kappa shape index (κ1) is 12.7. The number of ether oxygens (including phenoxy) is 1. The van der Waals surface area contributed by atoms with E-state index in [0.29, 0.717) is 0 Å². The van der Waals surface area contributed by atoms with Gasteiger partial charge in [-0.05, 0) is 0 Å². The molecule has 6 N–H and O–H groups in total. The van der Waals surface area contributed by atoms with Crippen LogP contribution in [0.15, 0.2) is 0 Å². The number of rotatable bonds is 3. The summed E-state index contributed by atoms with van der Waals surface area (Å²) < 4.78 is 4.38. The van der Waals surface area contributed by atoms with Crippen LogP contribution in [-0.4, -0.2) is 49.8 Å². The van der Waals surface area contributed by atoms with Crippen LogP contribution in [0.2, 0.25) is 0 Å². The fourth-order valence-electron chi connectivity index (χ4n) is 1.09. The molecule has 0 saturated carbocycles. The maximum absolute atomic E-state index is 11.3. The normalized spacial score (nSPS) is 10.2. The Morgan fingerprint density at radius 1 is 0.882 bits per heavy atom. The number of benzene rings is 1. The van der Waals surface area contributed by atoms with Crippen molar-refractivity contribution >= 4 is 5.97 Å². The molecule has 0 fully saturated rings. The lowest BCUT2D eigenvalue weighted by Crippen LogP contribution is -2.09. The fourth-order valence-corrected chi connectivity index (χ4v) is 1.09. The molecule has 8 nitrogen and oxygen atoms in total. The van der Waals surface area contributed by atoms with Crippen LogP contribution in [0.25, 0.3) is 0 Å². The van der Waals surface area contributed by atoms with E-state index in [-0.39, 0.29) is 0 Å². The molecule has 8 heteroatoms. The number of hydrogen-bond acceptors (Lipinski definition) is 8. The van der Waals surface area contributed by atoms with Crippen molar-refractivity contribution in [1.29, 1.82) is 0 Å². The van der Waals surface area contributed by atoms with Gasteiger partial charge in [-0.1, -0.05) is 0 Å². The highest BCUT2D eigenvalue weighted by Gasteiger charge is 2.28. The summed E-state index contributed by atoms with van der Waals surface area (Å²) in [6, 6.07) is 0. The maximum Gasteiger partial charge on any atom is 0.346 e. The number of carbonyl (C=O) groups excluding carboxylic acids is 1. The second kappa shape index (κ2) is 4.66. The van der Waals surface area contributed by atoms with Crippen molar-refractivity contribution in [2.75, 3.05) is 13.2 Å². The molecule has 0 heterocycles. The van der Waals surface area contributed by atoms with Crippen LogP contribution in [0.4, 0.5) is 0 Å². The van der Waals surface area contributed by atoms with Crippen molar-refractivity contribution in [3.8, 4) is 28.7 Å². The molecule has 0 atom stereocenters. The topological polar surface area (TPSA) is 148 Å². The minimum atomic E-state index is -1.28. The lowest BCUT2D eigenvalue weighted by atomic mass is 10.1. The van der Waals surface area contributed by atoms with Crippen molar-refractivity contribution in [3.05, 3.63) is 5.56 Å². The molecular formula is C9H10O8. The molecule has 1 rings (SSSR count). The summed E-state index contributed by atoms with van der Waals surface area (Å²) in [5.74, 6) is -7.06. The lowest BCUT2D eigenvalue weighted by molar-refractivity contribution is 0.0425. The molecular weight excluding hydrogens is 236 g/mol. The first-order chi connectivity index (χ1) is 7.91. The second-order valence-corrected chi connectivity index (χ2v) is 2.98. The Labute approximate surface area is 94.6 Å². The summed E-state index contributed by atoms with van der Waals surface area (Å²) >= 11 is 0. The number of aliphatic hydroxyl groups excluding tert-OH is 1. The van der Waals surface area contributed by atoms with Crippen LogP contribution in [-0.2, 0) is 4.74 Å². The highest BCUT2D eigenvalue weighted by atomic mass is 16.5. The van der Waals surface area contributed by atoms with E-state index in [9.17, 15) is 15.0 Å². The Bertz CT molecular complexity index is 424. The number of phenols is 5. The van der Waals surface area contributed by atoms with Gasteiger partial charge < -0.3 is 35.4 Å². The zero-order valence-corrected chi connectivity index (χ0v) is 8.41. The van der Waals surface area contributed by atoms with Crippen LogP contribution < -0.4 is 0 Å². The molecule has 0 bridgehead atoms. The van der Waals surface area contributed by atoms with Crippen molar-refractivity contribution in [2.24, 2.45) is 0 Å². The molecule has 0 aliphatic heterocycles. The fraction of sp³-hybridized carbons (Fsp3) is 0.222. The molecule has 0 unspecified atom stereocenters. The summed E-state index contributed by atoms with van der Waals surface area (Å²) in [4.78, 5) is 11.3. The third-order valence-electron chi connectivity index (χ3n) is 1.90. The number of hydrogen-bond donors (Lipinski definition) is 6. The van der Waals surface area contributed by atoms with Gasteiger partial charge in [0.2, 0.25) is 17.2 Å². The van der Waals surface area contributed by atoms with E-state index in [1.807, 2.05) is 0 Å². The number of aliphatic hydroxyl groups is 1. The van der Waals surface area contributed by atoms with Gasteiger partial charge in [-0.15, -0.1) is 0 Å². The van der Waals surface area contributed by atoms with Crippen LogP contribution in [0.1, 0.15) is 10.4 Å². The number of aromatic hydroxyl groups is 5. The van der Waals surface area contributed by atoms with Crippen LogP contribution in [0, 0.1) is 0 Å². The molecule has 0 amide bonds. The first-order valence-electron chi connectivity index (χ1n) is 4.38. The smallest absolute Gasteiger partial charge is 0.346 e. The molecule has 1 aromatic rings. The Kier molecular flexibility index (Phi) is 3.49. The summed E-state index contributed by atoms with van der Waals surface area (Å²) in [5, 5.41) is 54.3. The standard InChI is InChI=1S/C9H10O8/c10-1-2-17-9(16)3-4(11)6(13)8(15)7(14)5(3)12/h10-15H,1-2H2. The SMILES string of the molecule is O=C(OCCO)c1c(O)c(O)c(O)c(O)c1O. The number of phenolic OH excluding ortho intramolecular Hbond substituents is 5. The highest BCUT2D eigenvalue weighted by Crippen LogP contribution is 2.50. The molecule has 0 aliphatic rings. The van der Waals surface area contributed by atoms with E-state index in [2.05, 4.69) is 4.74 Å². The average Bonchev–Trinajstić information content (AvgIpc) is 2.31. The van der Waals surface area contributed by atoms with E-state index in [4.69, 9.17) is 20.4 Å². The molecule has 1 aromatic carbocycles. The van der Waals surface area contributed by atoms with Gasteiger partial charge in [0, 0.05) is 0 Å². The third kappa shape index (κ3) is 2.11. The predicted octanol–water partition coefficient (Wildman–Crippen LogP) is -0.636. The Morgan fingerprint density at radius 2 is 1.29 bits per heavy atom. The van der Waals surface area contributed by atoms with Gasteiger partial charge in [-0.3, -0.25) is 0 Å². The predicted molar refractivity (Wildman–Crippen MR) is 52.1 cm³/mol. The number of esters is 1. The van der Waals surface area contributed by atoms with Crippen LogP contribution >= 0.6 is 0 Å². The maximum atomic E-state index is 11.3. The average molecular weight is 246 g/mol. The van der Waals surface area contributed by atoms with Crippen molar-refractivity contribution < 1.29 is 40.2 Å². The van der Waals surface area contributed by atoms with E-state index in [1.54, 1.807) is 0 Å². The van der Waals surface area contributed by atoms with E-state index >= 15 is 0 Å². The van der Waals surface area contributed by atoms with Gasteiger partial charge in [-0.2, -0.15) is 0 Å². The summed E-state index contributed by atoms with van der Waals surface area (Å²) in [6.45, 7) is -0.885. The molecule has 94 valence electrons. The van der Waals surface area contributed by atoms with Crippen molar-refractivity contribution in [3.63, 3.8) is 0 Å². The van der Waals surface area contributed by atoms with E-state index in [1.165, 1.54) is 0 Å². The largest absolute Gasteiger partial charge is 0.503 e. The molecule has 0 aromatic heterocycles. The quantitative estimate of drug-likeness (QED) is 0.234. The summed E-state index contributed by atoms with van der Waals surface area (Å²) in [7, 11) is 0. The zero-order chi connectivity index (χ0) is 13.2. The lowest BCUT2D eigenvalue weighted by Gasteiger charge is -2.11. The monoisotopic (exact) mass is 246 g/mol. The molecule has 17 heavy (non-hydrogen) atoms. The summed E-state index contributed by atoms with van der Waals surface area (Å²) in [6.07, 6.45) is 0. The minimum Gasteiger partial charge on any atom is -0.503 e. The van der Waals surface area contributed by atoms with E-state index < -0.39 is 53.5 Å². The molecule has 0 spiro atoms. The van der Waals surface area contributed by atoms with Crippen molar-refractivity contribution in [1.82, 2.24) is 0 Å². The summed E-state index contributed by atoms with van der Waals surface area (Å²) in [5.41, 5.74) is -0.911. The van der Waals surface area contributed by atoms with Gasteiger partial charge in [0.25, 0.3) is 0 Å². The Hall–Kier alpha value is -2.35. The molecule has 0 aliphatic carbocycles. The molecule has 0 saturated heterocycles. The Balaban J connectivity index is 3.29. The van der Waals surface area contributed by atoms with Crippen LogP contribution in [0.5, 0.6) is 28.7 Å². The van der Waals surface area contributed by atoms with Gasteiger partial charge in [-0.25, -0.2) is 4.79 Å². The minimum absolute atomic E-state index is 0.403. The van der Waals surface area contributed by atoms with Gasteiger partial charge in [0.1, 0.15) is 6.61 Å². The zero-order valence-electron chi connectivity index (χ0n) is 8.41. The highest BCUT2D eigenvalue weighted by molar-refractivity contribution is 5.98. The van der Waals surface area contributed by atoms with Gasteiger partial charge in [0.15, 0.2) is 17.1 Å². The van der Waals surface area contributed by atoms with E-state index in [0.717, 1.165) is 0 Å². The second-order valence-electron chi connectivity index (χ2n) is 2.98. The van der Waals surface area contributed by atoms with Crippen molar-refractivity contribution in [2.45, 2.75) is 0 Å². The Morgan fingerprint density at radius 3 is 1.71 bits per heavy atom. The number of carbonyl (C=O) groups is 1. The van der Waals surface area contributed by atoms with Gasteiger partial charge in [0.05, 0.1) is 6.61 Å². The van der Waals surface area contributed by atoms with Gasteiger partial charge >= 0.3 is 5.97 Å².